The fraction of sp³-hybridized carbons (Fsp3) is 0.378. The average Bonchev–Trinajstić information content (AvgIpc) is 3.65. The number of hydrogen-bond donors (Lipinski definition) is 2. The third-order valence-corrected chi connectivity index (χ3v) is 14.4. The molecule has 3 aromatic carbocycles. The number of nitrogens with two attached hydrogens (primary N) is 1. The molecule has 3 N–H and O–H groups in total. The fourth-order valence-electron chi connectivity index (χ4n) is 6.10. The number of aliphatic hydroxyl groups is 1. The van der Waals surface area contributed by atoms with Gasteiger partial charge in [-0.15, -0.1) is 0 Å². The van der Waals surface area contributed by atoms with Crippen molar-refractivity contribution >= 4 is 25.3 Å². The fourth-order valence-corrected chi connectivity index (χ4v) is 7.39. The minimum atomic E-state index is -2.49. The van der Waals surface area contributed by atoms with E-state index in [9.17, 15) is 9.50 Å². The van der Waals surface area contributed by atoms with Crippen molar-refractivity contribution in [3.05, 3.63) is 108 Å². The molecule has 1 aliphatic rings. The molecule has 6 rings (SSSR count). The van der Waals surface area contributed by atoms with Gasteiger partial charge in [-0.3, -0.25) is 4.57 Å². The number of hydrogen-bond acceptors (Lipinski definition) is 10. The maximum absolute atomic E-state index is 14.5. The molecule has 2 aromatic heterocycles. The maximum Gasteiger partial charge on any atom is 0.312 e. The number of benzene rings is 3. The average molecular weight is 702 g/mol. The Labute approximate surface area is 292 Å². The summed E-state index contributed by atoms with van der Waals surface area (Å²) in [4.78, 5) is 12.0. The van der Waals surface area contributed by atoms with E-state index >= 15 is 0 Å². The summed E-state index contributed by atoms with van der Waals surface area (Å²) in [7, 11) is 0.750. The summed E-state index contributed by atoms with van der Waals surface area (Å²) >= 11 is 0. The van der Waals surface area contributed by atoms with Gasteiger partial charge in [0.25, 0.3) is 0 Å². The zero-order valence-corrected chi connectivity index (χ0v) is 30.3. The van der Waals surface area contributed by atoms with Crippen LogP contribution in [0.2, 0.25) is 18.1 Å². The van der Waals surface area contributed by atoms with E-state index in [1.807, 2.05) is 78.9 Å². The smallest absolute Gasteiger partial charge is 0.312 e. The van der Waals surface area contributed by atoms with Gasteiger partial charge in [0, 0.05) is 0 Å². The largest absolute Gasteiger partial charge is 0.497 e. The Hall–Kier alpha value is -4.40. The van der Waals surface area contributed by atoms with Crippen LogP contribution in [-0.2, 0) is 19.5 Å². The molecular weight excluding hydrogens is 658 g/mol. The van der Waals surface area contributed by atoms with Gasteiger partial charge in [0.15, 0.2) is 31.5 Å². The van der Waals surface area contributed by atoms with E-state index in [1.165, 1.54) is 6.33 Å². The van der Waals surface area contributed by atoms with Crippen molar-refractivity contribution in [2.75, 3.05) is 26.6 Å². The van der Waals surface area contributed by atoms with Crippen molar-refractivity contribution in [1.29, 1.82) is 0 Å². The van der Waals surface area contributed by atoms with Crippen molar-refractivity contribution < 1.29 is 32.9 Å². The van der Waals surface area contributed by atoms with E-state index in [4.69, 9.17) is 29.1 Å². The van der Waals surface area contributed by atoms with Crippen LogP contribution < -0.4 is 15.2 Å². The number of nitrogens with zero attached hydrogens (tertiary/aromatic N) is 4. The molecule has 50 heavy (non-hydrogen) atoms. The van der Waals surface area contributed by atoms with Gasteiger partial charge in [0.2, 0.25) is 0 Å². The van der Waals surface area contributed by atoms with E-state index in [1.54, 1.807) is 18.8 Å². The number of aliphatic hydroxyl groups excluding tert-OH is 1. The molecule has 264 valence electrons. The molecule has 4 atom stereocenters. The van der Waals surface area contributed by atoms with Crippen LogP contribution in [0.4, 0.5) is 10.2 Å². The monoisotopic (exact) mass is 701 g/mol. The van der Waals surface area contributed by atoms with E-state index in [-0.39, 0.29) is 28.6 Å². The van der Waals surface area contributed by atoms with Crippen LogP contribution in [-0.4, -0.2) is 72.1 Å². The van der Waals surface area contributed by atoms with Gasteiger partial charge in [0.05, 0.1) is 27.2 Å². The maximum atomic E-state index is 14.5. The molecule has 0 amide bonds. The molecule has 13 heteroatoms. The molecule has 3 heterocycles. The molecule has 2 unspecified atom stereocenters. The second-order valence-electron chi connectivity index (χ2n) is 13.9. The minimum Gasteiger partial charge on any atom is -0.497 e. The summed E-state index contributed by atoms with van der Waals surface area (Å²) in [6.07, 6.45) is -3.36. The zero-order chi connectivity index (χ0) is 35.8. The Balaban J connectivity index is 1.44. The first-order valence-electron chi connectivity index (χ1n) is 16.4. The molecular formula is C37H44FN5O6Si. The van der Waals surface area contributed by atoms with Crippen LogP contribution >= 0.6 is 0 Å². The third-order valence-electron chi connectivity index (χ3n) is 9.88. The number of aromatic nitrogens is 4. The highest BCUT2D eigenvalue weighted by atomic mass is 28.4. The molecule has 0 aliphatic carbocycles. The summed E-state index contributed by atoms with van der Waals surface area (Å²) in [6.45, 7) is 10.5. The Bertz CT molecular complexity index is 1870. The van der Waals surface area contributed by atoms with Gasteiger partial charge in [-0.2, -0.15) is 14.4 Å². The van der Waals surface area contributed by atoms with Crippen LogP contribution in [0.25, 0.3) is 11.2 Å². The Morgan fingerprint density at radius 3 is 1.98 bits per heavy atom. The third kappa shape index (κ3) is 6.47. The Morgan fingerprint density at radius 1 is 0.880 bits per heavy atom. The second-order valence-corrected chi connectivity index (χ2v) is 18.7. The predicted octanol–water partition coefficient (Wildman–Crippen LogP) is 6.22. The highest BCUT2D eigenvalue weighted by Gasteiger charge is 2.52. The van der Waals surface area contributed by atoms with Crippen LogP contribution in [0.5, 0.6) is 11.5 Å². The number of nitrogen functional groups attached to an aromatic ring is 1. The number of methoxy groups -OCH3 is 2. The van der Waals surface area contributed by atoms with Crippen molar-refractivity contribution in [1.82, 2.24) is 19.5 Å². The number of fused-ring (bicyclic) bond motifs is 1. The van der Waals surface area contributed by atoms with Crippen LogP contribution in [0.15, 0.2) is 85.2 Å². The zero-order valence-electron chi connectivity index (χ0n) is 29.3. The molecule has 0 bridgehead atoms. The van der Waals surface area contributed by atoms with Crippen LogP contribution in [0.1, 0.15) is 43.7 Å². The van der Waals surface area contributed by atoms with Gasteiger partial charge >= 0.3 is 6.08 Å². The summed E-state index contributed by atoms with van der Waals surface area (Å²) in [5, 5.41) is 11.9. The first-order valence-corrected chi connectivity index (χ1v) is 19.4. The van der Waals surface area contributed by atoms with Crippen molar-refractivity contribution in [3.8, 4) is 11.5 Å². The first-order chi connectivity index (χ1) is 23.8. The van der Waals surface area contributed by atoms with Gasteiger partial charge in [0.1, 0.15) is 35.4 Å². The molecule has 1 fully saturated rings. The summed E-state index contributed by atoms with van der Waals surface area (Å²) < 4.78 is 47.5. The second kappa shape index (κ2) is 13.7. The molecule has 11 nitrogen and oxygen atoms in total. The lowest BCUT2D eigenvalue weighted by atomic mass is 9.80. The van der Waals surface area contributed by atoms with Crippen molar-refractivity contribution in [3.63, 3.8) is 0 Å². The number of imidazole rings is 1. The van der Waals surface area contributed by atoms with E-state index in [2.05, 4.69) is 48.8 Å². The SMILES string of the molecule is COc1ccc(C(OC[C@H]2O[C@@H](n3cnc4c(N)nc(F)nc43)C(O[Si](C)(C)C(C)(C)C)C2O)(c2ccccc2)c2ccc(OC)cc2)cc1. The highest BCUT2D eigenvalue weighted by molar-refractivity contribution is 6.74. The molecule has 0 spiro atoms. The Morgan fingerprint density at radius 2 is 1.44 bits per heavy atom. The van der Waals surface area contributed by atoms with E-state index < -0.39 is 44.5 Å². The van der Waals surface area contributed by atoms with Gasteiger partial charge < -0.3 is 34.2 Å². The first kappa shape index (κ1) is 35.4. The molecule has 1 aliphatic heterocycles. The Kier molecular flexibility index (Phi) is 9.72. The van der Waals surface area contributed by atoms with Gasteiger partial charge in [-0.1, -0.05) is 75.4 Å². The molecule has 1 saturated heterocycles. The van der Waals surface area contributed by atoms with Crippen molar-refractivity contribution in [2.45, 2.75) is 69.0 Å². The summed E-state index contributed by atoms with van der Waals surface area (Å²) in [5.74, 6) is 1.29. The lowest BCUT2D eigenvalue weighted by molar-refractivity contribution is -0.0940. The predicted molar refractivity (Wildman–Crippen MR) is 190 cm³/mol. The molecule has 0 saturated carbocycles. The quantitative estimate of drug-likeness (QED) is 0.0928. The lowest BCUT2D eigenvalue weighted by Gasteiger charge is -2.40. The number of halogens is 1. The lowest BCUT2D eigenvalue weighted by Crippen LogP contribution is -2.49. The summed E-state index contributed by atoms with van der Waals surface area (Å²) in [5.41, 5.74) is 7.72. The van der Waals surface area contributed by atoms with Crippen LogP contribution in [0.3, 0.4) is 0 Å². The van der Waals surface area contributed by atoms with E-state index in [0.717, 1.165) is 16.7 Å². The van der Waals surface area contributed by atoms with Crippen molar-refractivity contribution in [2.24, 2.45) is 0 Å². The minimum absolute atomic E-state index is 0.0555. The number of rotatable bonds is 11. The van der Waals surface area contributed by atoms with Gasteiger partial charge in [-0.25, -0.2) is 4.98 Å². The topological polar surface area (TPSA) is 136 Å². The molecule has 5 aromatic rings. The summed E-state index contributed by atoms with van der Waals surface area (Å²) in [6, 6.07) is 25.3. The van der Waals surface area contributed by atoms with Crippen LogP contribution in [0, 0.1) is 6.08 Å². The van der Waals surface area contributed by atoms with E-state index in [0.29, 0.717) is 11.5 Å². The van der Waals surface area contributed by atoms with Gasteiger partial charge in [-0.05, 0) is 59.1 Å². The standard InChI is InChI=1S/C37H44FN5O6Si/c1-36(2,3)50(6,7)49-31-30(44)28(48-34(31)43-22-40-29-32(39)41-35(38)42-33(29)43)21-47-37(23-11-9-8-10-12-23,24-13-17-26(45-4)18-14-24)25-15-19-27(46-5)20-16-25/h8-20,22,28,30-31,34,44H,21H2,1-7H3,(H2,39,41,42)/t28-,30?,31?,34-/m1/s1. The number of ether oxygens (including phenoxy) is 4. The number of anilines is 1. The highest BCUT2D eigenvalue weighted by Crippen LogP contribution is 2.45. The normalized spacial score (nSPS) is 19.9. The molecule has 0 radical (unpaired) electrons.